The molecule has 6 rings (SSSR count). The minimum absolute atomic E-state index is 0.0261. The van der Waals surface area contributed by atoms with Gasteiger partial charge in [-0.25, -0.2) is 0 Å². The minimum atomic E-state index is -0.932. The van der Waals surface area contributed by atoms with Crippen LogP contribution in [0, 0.1) is 23.7 Å². The summed E-state index contributed by atoms with van der Waals surface area (Å²) >= 11 is 0. The summed E-state index contributed by atoms with van der Waals surface area (Å²) in [6.45, 7) is 3.06. The van der Waals surface area contributed by atoms with E-state index in [0.29, 0.717) is 54.8 Å². The molecule has 0 radical (unpaired) electrons. The third-order valence-corrected chi connectivity index (χ3v) is 9.91. The van der Waals surface area contributed by atoms with E-state index in [1.807, 2.05) is 43.3 Å². The minimum Gasteiger partial charge on any atom is -0.493 e. The maximum atomic E-state index is 13.8. The summed E-state index contributed by atoms with van der Waals surface area (Å²) < 4.78 is 6.04. The number of benzene rings is 2. The number of hydrogen-bond acceptors (Lipinski definition) is 5. The number of anilines is 1. The molecule has 1 saturated heterocycles. The second-order valence-electron chi connectivity index (χ2n) is 13.4. The van der Waals surface area contributed by atoms with E-state index < -0.39 is 18.1 Å². The summed E-state index contributed by atoms with van der Waals surface area (Å²) in [5.74, 6) is 1.72. The molecule has 3 aliphatic carbocycles. The van der Waals surface area contributed by atoms with Gasteiger partial charge in [-0.1, -0.05) is 43.7 Å². The molecule has 0 spiro atoms. The number of ether oxygens (including phenoxy) is 1. The Bertz CT molecular complexity index is 1310. The maximum Gasteiger partial charge on any atom is 0.251 e. The summed E-state index contributed by atoms with van der Waals surface area (Å²) in [4.78, 5) is 41.1. The molecule has 4 aliphatic rings. The molecule has 1 aliphatic heterocycles. The Morgan fingerprint density at radius 2 is 1.88 bits per heavy atom. The molecule has 2 aromatic rings. The van der Waals surface area contributed by atoms with Crippen molar-refractivity contribution < 1.29 is 24.2 Å². The van der Waals surface area contributed by atoms with Crippen molar-refractivity contribution in [2.45, 2.75) is 89.3 Å². The molecule has 2 bridgehead atoms. The average molecular weight is 588 g/mol. The van der Waals surface area contributed by atoms with Gasteiger partial charge in [0.1, 0.15) is 5.75 Å². The number of nitrogens with zero attached hydrogens (tertiary/aromatic N) is 1. The van der Waals surface area contributed by atoms with Crippen LogP contribution in [0.2, 0.25) is 0 Å². The van der Waals surface area contributed by atoms with Crippen LogP contribution in [0.1, 0.15) is 80.6 Å². The lowest BCUT2D eigenvalue weighted by atomic mass is 9.91. The van der Waals surface area contributed by atoms with Crippen LogP contribution in [0.5, 0.6) is 5.75 Å². The Labute approximate surface area is 254 Å². The van der Waals surface area contributed by atoms with Crippen LogP contribution < -0.4 is 20.3 Å². The largest absolute Gasteiger partial charge is 0.493 e. The van der Waals surface area contributed by atoms with Gasteiger partial charge in [0, 0.05) is 42.2 Å². The highest BCUT2D eigenvalue weighted by Crippen LogP contribution is 2.44. The predicted octanol–water partition coefficient (Wildman–Crippen LogP) is 4.64. The van der Waals surface area contributed by atoms with Crippen molar-refractivity contribution in [3.8, 4) is 5.75 Å². The van der Waals surface area contributed by atoms with E-state index >= 15 is 0 Å². The van der Waals surface area contributed by atoms with Gasteiger partial charge in [0.2, 0.25) is 11.8 Å². The topological polar surface area (TPSA) is 108 Å². The Morgan fingerprint density at radius 1 is 1.07 bits per heavy atom. The first-order valence-electron chi connectivity index (χ1n) is 16.2. The summed E-state index contributed by atoms with van der Waals surface area (Å²) in [7, 11) is 0. The van der Waals surface area contributed by atoms with Crippen molar-refractivity contribution in [1.82, 2.24) is 10.6 Å². The zero-order valence-corrected chi connectivity index (χ0v) is 25.2. The van der Waals surface area contributed by atoms with Gasteiger partial charge < -0.3 is 25.4 Å². The van der Waals surface area contributed by atoms with E-state index in [2.05, 4.69) is 10.6 Å². The van der Waals surface area contributed by atoms with Gasteiger partial charge >= 0.3 is 0 Å². The highest BCUT2D eigenvalue weighted by molar-refractivity contribution is 5.99. The van der Waals surface area contributed by atoms with Crippen molar-refractivity contribution in [2.75, 3.05) is 18.1 Å². The predicted molar refractivity (Wildman–Crippen MR) is 165 cm³/mol. The number of aliphatic hydroxyl groups is 1. The number of amides is 3. The Kier molecular flexibility index (Phi) is 9.03. The molecule has 3 amide bonds. The van der Waals surface area contributed by atoms with Gasteiger partial charge in [0.05, 0.1) is 18.8 Å². The SMILES string of the molecule is C[C@H](C[C@@H](O)[C@H](Cc1ccccc1)NC(=O)c1cc(OCC2CC2)cc(N2CCCC2=O)c1)C(=O)NC1CC2CCC1C2. The van der Waals surface area contributed by atoms with E-state index in [-0.39, 0.29) is 30.2 Å². The smallest absolute Gasteiger partial charge is 0.251 e. The van der Waals surface area contributed by atoms with Crippen molar-refractivity contribution in [1.29, 1.82) is 0 Å². The molecule has 3 saturated carbocycles. The average Bonchev–Trinajstić information content (AvgIpc) is 3.35. The van der Waals surface area contributed by atoms with Gasteiger partial charge in [-0.3, -0.25) is 14.4 Å². The second-order valence-corrected chi connectivity index (χ2v) is 13.4. The van der Waals surface area contributed by atoms with Crippen molar-refractivity contribution in [3.63, 3.8) is 0 Å². The van der Waals surface area contributed by atoms with Crippen LogP contribution >= 0.6 is 0 Å². The second kappa shape index (κ2) is 13.1. The van der Waals surface area contributed by atoms with E-state index in [0.717, 1.165) is 37.2 Å². The first-order chi connectivity index (χ1) is 20.8. The van der Waals surface area contributed by atoms with Gasteiger partial charge in [-0.2, -0.15) is 0 Å². The fourth-order valence-corrected chi connectivity index (χ4v) is 7.16. The molecular formula is C35H45N3O5. The van der Waals surface area contributed by atoms with Crippen LogP contribution in [0.15, 0.2) is 48.5 Å². The van der Waals surface area contributed by atoms with Crippen LogP contribution in [0.3, 0.4) is 0 Å². The number of carbonyl (C=O) groups is 3. The van der Waals surface area contributed by atoms with Crippen molar-refractivity contribution in [2.24, 2.45) is 23.7 Å². The standard InChI is InChI=1S/C35H45N3O5/c1-22(34(41)36-30-17-25-11-12-26(30)15-25)14-32(39)31(16-23-6-3-2-4-7-23)37-35(42)27-18-28(38-13-5-8-33(38)40)20-29(19-27)43-21-24-9-10-24/h2-4,6-7,18-20,22,24-26,30-32,39H,5,8-17,21H2,1H3,(H,36,41)(H,37,42)/t22-,25?,26?,30?,31+,32-/m1/s1. The lowest BCUT2D eigenvalue weighted by Gasteiger charge is -2.28. The van der Waals surface area contributed by atoms with Crippen LogP contribution in [-0.4, -0.2) is 54.2 Å². The first kappa shape index (κ1) is 29.7. The molecule has 6 atom stereocenters. The third-order valence-electron chi connectivity index (χ3n) is 9.91. The highest BCUT2D eigenvalue weighted by Gasteiger charge is 2.40. The van der Waals surface area contributed by atoms with Gasteiger partial charge in [-0.05, 0) is 86.8 Å². The summed E-state index contributed by atoms with van der Waals surface area (Å²) in [6, 6.07) is 14.7. The summed E-state index contributed by atoms with van der Waals surface area (Å²) in [5.41, 5.74) is 2.03. The number of fused-ring (bicyclic) bond motifs is 2. The molecule has 1 heterocycles. The van der Waals surface area contributed by atoms with Crippen LogP contribution in [-0.2, 0) is 16.0 Å². The Morgan fingerprint density at radius 3 is 2.56 bits per heavy atom. The van der Waals surface area contributed by atoms with Gasteiger partial charge in [0.15, 0.2) is 0 Å². The summed E-state index contributed by atoms with van der Waals surface area (Å²) in [6.07, 6.45) is 8.05. The number of rotatable bonds is 13. The molecule has 8 nitrogen and oxygen atoms in total. The van der Waals surface area contributed by atoms with Crippen molar-refractivity contribution in [3.05, 3.63) is 59.7 Å². The third kappa shape index (κ3) is 7.40. The van der Waals surface area contributed by atoms with Crippen LogP contribution in [0.4, 0.5) is 5.69 Å². The summed E-state index contributed by atoms with van der Waals surface area (Å²) in [5, 5.41) is 17.8. The molecule has 8 heteroatoms. The normalized spacial score (nSPS) is 24.9. The molecule has 4 fully saturated rings. The van der Waals surface area contributed by atoms with Crippen LogP contribution in [0.25, 0.3) is 0 Å². The molecular weight excluding hydrogens is 542 g/mol. The van der Waals surface area contributed by atoms with E-state index in [1.54, 1.807) is 17.0 Å². The molecule has 2 aromatic carbocycles. The Balaban J connectivity index is 1.16. The monoisotopic (exact) mass is 587 g/mol. The molecule has 43 heavy (non-hydrogen) atoms. The number of nitrogens with one attached hydrogen (secondary N) is 2. The van der Waals surface area contributed by atoms with E-state index in [1.165, 1.54) is 19.3 Å². The highest BCUT2D eigenvalue weighted by atomic mass is 16.5. The first-order valence-corrected chi connectivity index (χ1v) is 16.2. The van der Waals surface area contributed by atoms with E-state index in [9.17, 15) is 19.5 Å². The van der Waals surface area contributed by atoms with Gasteiger partial charge in [0.25, 0.3) is 5.91 Å². The number of aliphatic hydroxyl groups excluding tert-OH is 1. The fraction of sp³-hybridized carbons (Fsp3) is 0.571. The number of carbonyl (C=O) groups excluding carboxylic acids is 3. The number of hydrogen-bond donors (Lipinski definition) is 3. The molecule has 230 valence electrons. The Hall–Kier alpha value is -3.39. The molecule has 0 aromatic heterocycles. The fourth-order valence-electron chi connectivity index (χ4n) is 7.16. The van der Waals surface area contributed by atoms with Gasteiger partial charge in [-0.15, -0.1) is 0 Å². The van der Waals surface area contributed by atoms with E-state index in [4.69, 9.17) is 4.74 Å². The zero-order valence-electron chi connectivity index (χ0n) is 25.2. The molecule has 3 unspecified atom stereocenters. The van der Waals surface area contributed by atoms with Crippen molar-refractivity contribution >= 4 is 23.4 Å². The zero-order chi connectivity index (χ0) is 29.9. The maximum absolute atomic E-state index is 13.8. The lowest BCUT2D eigenvalue weighted by molar-refractivity contribution is -0.126. The molecule has 3 N–H and O–H groups in total. The quantitative estimate of drug-likeness (QED) is 0.317. The lowest BCUT2D eigenvalue weighted by Crippen LogP contribution is -2.47.